The summed E-state index contributed by atoms with van der Waals surface area (Å²) in [6.07, 6.45) is 3.01. The first-order valence-electron chi connectivity index (χ1n) is 9.45. The van der Waals surface area contributed by atoms with E-state index in [-0.39, 0.29) is 24.1 Å². The van der Waals surface area contributed by atoms with Gasteiger partial charge in [-0.05, 0) is 54.8 Å². The molecule has 1 aliphatic carbocycles. The third kappa shape index (κ3) is 2.74. The Balaban J connectivity index is 1.43. The highest BCUT2D eigenvalue weighted by Gasteiger charge is 2.22. The molecule has 0 saturated carbocycles. The molecule has 28 heavy (non-hydrogen) atoms. The highest BCUT2D eigenvalue weighted by atomic mass is 32.1. The predicted octanol–water partition coefficient (Wildman–Crippen LogP) is 3.21. The van der Waals surface area contributed by atoms with Crippen LogP contribution >= 0.6 is 11.3 Å². The van der Waals surface area contributed by atoms with Gasteiger partial charge in [0.05, 0.1) is 16.3 Å². The van der Waals surface area contributed by atoms with Gasteiger partial charge in [-0.25, -0.2) is 4.68 Å². The molecule has 6 nitrogen and oxygen atoms in total. The zero-order valence-corrected chi connectivity index (χ0v) is 16.3. The Morgan fingerprint density at radius 3 is 3.04 bits per heavy atom. The summed E-state index contributed by atoms with van der Waals surface area (Å²) >= 11 is 1.59. The molecule has 1 N–H and O–H groups in total. The second-order valence-electron chi connectivity index (χ2n) is 7.26. The van der Waals surface area contributed by atoms with E-state index in [0.29, 0.717) is 11.3 Å². The molecule has 4 aromatic rings. The minimum absolute atomic E-state index is 0.00313. The van der Waals surface area contributed by atoms with E-state index >= 15 is 0 Å². The van der Waals surface area contributed by atoms with Crippen LogP contribution in [0.5, 0.6) is 0 Å². The summed E-state index contributed by atoms with van der Waals surface area (Å²) < 4.78 is 4.18. The Labute approximate surface area is 165 Å². The van der Waals surface area contributed by atoms with Crippen molar-refractivity contribution in [2.45, 2.75) is 38.8 Å². The van der Waals surface area contributed by atoms with Crippen molar-refractivity contribution in [2.75, 3.05) is 0 Å². The van der Waals surface area contributed by atoms with Crippen LogP contribution in [0.2, 0.25) is 0 Å². The van der Waals surface area contributed by atoms with Crippen LogP contribution in [0.25, 0.3) is 15.7 Å². The standard InChI is InChI=1S/C21H20N4O2S/c1-13-23-24(21(27)18-11-19-17(25(13)18)9-10-28-19)12-20(26)22-16-8-4-6-14-5-2-3-7-15(14)16/h2-3,5,7,9-11,16H,4,6,8,12H2,1H3,(H,22,26). The van der Waals surface area contributed by atoms with Crippen molar-refractivity contribution in [3.05, 3.63) is 69.1 Å². The number of fused-ring (bicyclic) bond motifs is 4. The van der Waals surface area contributed by atoms with Crippen molar-refractivity contribution in [3.63, 3.8) is 0 Å². The van der Waals surface area contributed by atoms with Gasteiger partial charge in [0.25, 0.3) is 5.56 Å². The summed E-state index contributed by atoms with van der Waals surface area (Å²) in [6.45, 7) is 1.78. The molecule has 7 heteroatoms. The third-order valence-corrected chi connectivity index (χ3v) is 6.32. The number of rotatable bonds is 3. The molecule has 0 saturated heterocycles. The summed E-state index contributed by atoms with van der Waals surface area (Å²) in [7, 11) is 0. The zero-order valence-electron chi connectivity index (χ0n) is 15.5. The molecule has 1 amide bonds. The smallest absolute Gasteiger partial charge is 0.291 e. The second-order valence-corrected chi connectivity index (χ2v) is 8.20. The van der Waals surface area contributed by atoms with Crippen molar-refractivity contribution < 1.29 is 4.79 Å². The van der Waals surface area contributed by atoms with Gasteiger partial charge in [-0.1, -0.05) is 24.3 Å². The van der Waals surface area contributed by atoms with Crippen LogP contribution in [0.15, 0.2) is 46.6 Å². The number of nitrogens with zero attached hydrogens (tertiary/aromatic N) is 3. The third-order valence-electron chi connectivity index (χ3n) is 5.46. The van der Waals surface area contributed by atoms with E-state index in [4.69, 9.17) is 0 Å². The van der Waals surface area contributed by atoms with E-state index in [1.807, 2.05) is 41.0 Å². The number of nitrogens with one attached hydrogen (secondary N) is 1. The quantitative estimate of drug-likeness (QED) is 0.582. The van der Waals surface area contributed by atoms with Crippen LogP contribution in [0.4, 0.5) is 0 Å². The van der Waals surface area contributed by atoms with E-state index in [9.17, 15) is 9.59 Å². The molecule has 3 heterocycles. The topological polar surface area (TPSA) is 68.4 Å². The molecule has 0 spiro atoms. The molecule has 1 aliphatic rings. The summed E-state index contributed by atoms with van der Waals surface area (Å²) in [5, 5.41) is 9.49. The lowest BCUT2D eigenvalue weighted by atomic mass is 9.88. The van der Waals surface area contributed by atoms with E-state index < -0.39 is 0 Å². The fourth-order valence-corrected chi connectivity index (χ4v) is 5.02. The molecule has 0 fully saturated rings. The Kier molecular flexibility index (Phi) is 4.05. The molecule has 1 unspecified atom stereocenters. The van der Waals surface area contributed by atoms with Crippen molar-refractivity contribution in [3.8, 4) is 0 Å². The van der Waals surface area contributed by atoms with Crippen LogP contribution in [-0.4, -0.2) is 20.1 Å². The molecular formula is C21H20N4O2S. The number of carbonyl (C=O) groups excluding carboxylic acids is 1. The molecule has 142 valence electrons. The number of thiophene rings is 1. The fraction of sp³-hybridized carbons (Fsp3) is 0.286. The van der Waals surface area contributed by atoms with E-state index in [1.165, 1.54) is 15.8 Å². The highest BCUT2D eigenvalue weighted by Crippen LogP contribution is 2.29. The molecule has 0 radical (unpaired) electrons. The molecule has 5 rings (SSSR count). The van der Waals surface area contributed by atoms with Gasteiger partial charge in [0.2, 0.25) is 5.91 Å². The fourth-order valence-electron chi connectivity index (χ4n) is 4.22. The van der Waals surface area contributed by atoms with Gasteiger partial charge in [-0.3, -0.25) is 14.0 Å². The molecule has 0 aliphatic heterocycles. The Bertz CT molecular complexity index is 1270. The lowest BCUT2D eigenvalue weighted by Gasteiger charge is -2.26. The van der Waals surface area contributed by atoms with Crippen LogP contribution in [-0.2, 0) is 17.8 Å². The predicted molar refractivity (Wildman–Crippen MR) is 110 cm³/mol. The first kappa shape index (κ1) is 17.2. The largest absolute Gasteiger partial charge is 0.348 e. The number of carbonyl (C=O) groups is 1. The minimum atomic E-state index is -0.242. The van der Waals surface area contributed by atoms with Crippen molar-refractivity contribution in [1.82, 2.24) is 19.5 Å². The molecule has 1 aromatic carbocycles. The number of aryl methyl sites for hydroxylation is 2. The van der Waals surface area contributed by atoms with Gasteiger partial charge >= 0.3 is 0 Å². The molecule has 0 bridgehead atoms. The molecular weight excluding hydrogens is 372 g/mol. The number of hydrogen-bond acceptors (Lipinski definition) is 4. The number of hydrogen-bond donors (Lipinski definition) is 1. The van der Waals surface area contributed by atoms with Crippen molar-refractivity contribution in [1.29, 1.82) is 0 Å². The summed E-state index contributed by atoms with van der Waals surface area (Å²) in [4.78, 5) is 25.6. The summed E-state index contributed by atoms with van der Waals surface area (Å²) in [5.74, 6) is 0.507. The molecule has 1 atom stereocenters. The first-order chi connectivity index (χ1) is 13.6. The van der Waals surface area contributed by atoms with Gasteiger partial charge in [-0.15, -0.1) is 11.3 Å². The monoisotopic (exact) mass is 392 g/mol. The highest BCUT2D eigenvalue weighted by molar-refractivity contribution is 7.17. The van der Waals surface area contributed by atoms with Crippen molar-refractivity contribution in [2.24, 2.45) is 0 Å². The van der Waals surface area contributed by atoms with E-state index in [1.54, 1.807) is 11.3 Å². The zero-order chi connectivity index (χ0) is 19.3. The normalized spacial score (nSPS) is 16.4. The lowest BCUT2D eigenvalue weighted by molar-refractivity contribution is -0.122. The number of benzene rings is 1. The van der Waals surface area contributed by atoms with Crippen LogP contribution < -0.4 is 10.9 Å². The van der Waals surface area contributed by atoms with Crippen LogP contribution in [0.3, 0.4) is 0 Å². The maximum atomic E-state index is 12.9. The maximum absolute atomic E-state index is 12.9. The van der Waals surface area contributed by atoms with Gasteiger partial charge in [-0.2, -0.15) is 5.10 Å². The maximum Gasteiger partial charge on any atom is 0.291 e. The summed E-state index contributed by atoms with van der Waals surface area (Å²) in [5.41, 5.74) is 3.77. The second kappa shape index (κ2) is 6.60. The first-order valence-corrected chi connectivity index (χ1v) is 10.3. The van der Waals surface area contributed by atoms with Crippen LogP contribution in [0, 0.1) is 6.92 Å². The van der Waals surface area contributed by atoms with Gasteiger partial charge in [0.15, 0.2) is 0 Å². The van der Waals surface area contributed by atoms with Gasteiger partial charge in [0.1, 0.15) is 17.9 Å². The number of aromatic nitrogens is 3. The van der Waals surface area contributed by atoms with E-state index in [2.05, 4.69) is 22.5 Å². The Morgan fingerprint density at radius 1 is 1.29 bits per heavy atom. The van der Waals surface area contributed by atoms with Gasteiger partial charge < -0.3 is 5.32 Å². The minimum Gasteiger partial charge on any atom is -0.348 e. The van der Waals surface area contributed by atoms with Gasteiger partial charge in [0, 0.05) is 0 Å². The van der Waals surface area contributed by atoms with Crippen molar-refractivity contribution >= 4 is 33.0 Å². The SMILES string of the molecule is Cc1nn(CC(=O)NC2CCCc3ccccc32)c(=O)c2cc3sccc3n12. The Morgan fingerprint density at radius 2 is 2.14 bits per heavy atom. The average Bonchev–Trinajstić information content (AvgIpc) is 3.27. The summed E-state index contributed by atoms with van der Waals surface area (Å²) in [6, 6.07) is 12.1. The lowest BCUT2D eigenvalue weighted by Crippen LogP contribution is -2.37. The Hall–Kier alpha value is -2.93. The average molecular weight is 392 g/mol. The van der Waals surface area contributed by atoms with Crippen LogP contribution in [0.1, 0.15) is 35.8 Å². The molecule has 3 aromatic heterocycles. The van der Waals surface area contributed by atoms with E-state index in [0.717, 1.165) is 29.5 Å². The number of amides is 1.